The van der Waals surface area contributed by atoms with Crippen LogP contribution in [0, 0.1) is 0 Å². The Bertz CT molecular complexity index is 6530. The molecular weight excluding hydrogens is 1430 g/mol. The molecule has 1 spiro atoms. The Kier molecular flexibility index (Phi) is 17.0. The topological polar surface area (TPSA) is 13.0 Å². The first-order chi connectivity index (χ1) is 58.5. The number of rotatable bonds is 14. The normalized spacial score (nSPS) is 12.7. The Morgan fingerprint density at radius 1 is 0.119 bits per heavy atom. The van der Waals surface area contributed by atoms with Crippen LogP contribution in [0.1, 0.15) is 44.5 Å². The Balaban J connectivity index is 0.000000148. The first-order valence-electron chi connectivity index (χ1n) is 40.8. The molecule has 0 fully saturated rings. The molecule has 3 aliphatic rings. The Hall–Kier alpha value is -15.4. The van der Waals surface area contributed by atoms with Crippen molar-refractivity contribution < 1.29 is 0 Å². The SMILES string of the molecule is c1ccc(N(c2ccccc2)c2ccc3c(c2)C2(c4ccccc4-3)c3ccccc3-c3ccc(N(c4ccccc4)c4ccccc4)cc32)cc1.c1ccc2c(c1)-c1ccccc1C2(c1ccc(N(c2ccc3ccccc3c2)c2ccc3ccccc3c2)cc1)c1ccc(N(c2ccc3ccccc3c2)c2ccc3ccccc3c2)cc1. The van der Waals surface area contributed by atoms with Crippen LogP contribution in [-0.2, 0) is 10.8 Å². The average Bonchev–Trinajstić information content (AvgIpc) is 1.51. The summed E-state index contributed by atoms with van der Waals surface area (Å²) in [5.74, 6) is 0. The van der Waals surface area contributed by atoms with Gasteiger partial charge in [0.15, 0.2) is 0 Å². The average molecular weight is 1500 g/mol. The van der Waals surface area contributed by atoms with Crippen LogP contribution in [0.2, 0.25) is 0 Å². The maximum Gasteiger partial charge on any atom is 0.0727 e. The minimum absolute atomic E-state index is 0.498. The Labute approximate surface area is 688 Å². The molecule has 4 heteroatoms. The summed E-state index contributed by atoms with van der Waals surface area (Å²) >= 11 is 0. The van der Waals surface area contributed by atoms with Crippen molar-refractivity contribution in [3.8, 4) is 33.4 Å². The molecule has 0 N–H and O–H groups in total. The summed E-state index contributed by atoms with van der Waals surface area (Å²) in [6, 6.07) is 173. The van der Waals surface area contributed by atoms with E-state index in [-0.39, 0.29) is 0 Å². The van der Waals surface area contributed by atoms with Crippen molar-refractivity contribution in [3.05, 3.63) is 518 Å². The van der Waals surface area contributed by atoms with Crippen LogP contribution < -0.4 is 19.6 Å². The molecule has 554 valence electrons. The standard InChI is InChI=1S/C65H44N2.C49H34N2/c1-5-17-49-41-57(33-25-45(49)13-1)66(58-34-26-46-14-2-6-18-50(46)42-58)55-37-29-53(30-38-55)65(63-23-11-9-21-61(63)62-22-10-12-24-64(62)65)54-31-39-56(40-32-54)67(59-35-27-47-15-3-7-19-51(47)43-59)60-36-28-48-16-4-8-20-52(48)44-60;1-5-17-35(18-6-1)50(36-19-7-2-8-20-36)39-29-31-43-41-25-13-15-27-45(41)49(47(43)33-39)46-28-16-14-26-42(46)44-32-30-40(34-48(44)49)51(37-21-9-3-10-22-37)38-23-11-4-12-24-38/h1-44H;1-34H. The largest absolute Gasteiger partial charge is 0.310 e. The van der Waals surface area contributed by atoms with Gasteiger partial charge in [0.1, 0.15) is 0 Å². The van der Waals surface area contributed by atoms with Crippen LogP contribution in [0.25, 0.3) is 76.5 Å². The van der Waals surface area contributed by atoms with E-state index >= 15 is 0 Å². The van der Waals surface area contributed by atoms with Crippen molar-refractivity contribution in [1.82, 2.24) is 0 Å². The van der Waals surface area contributed by atoms with E-state index < -0.39 is 10.8 Å². The van der Waals surface area contributed by atoms with Crippen molar-refractivity contribution in [3.63, 3.8) is 0 Å². The van der Waals surface area contributed by atoms with Crippen LogP contribution in [0.5, 0.6) is 0 Å². The van der Waals surface area contributed by atoms with Gasteiger partial charge in [0.25, 0.3) is 0 Å². The summed E-state index contributed by atoms with van der Waals surface area (Å²) in [5, 5.41) is 9.75. The first kappa shape index (κ1) is 69.4. The number of fused-ring (bicyclic) bond motifs is 17. The van der Waals surface area contributed by atoms with E-state index in [4.69, 9.17) is 0 Å². The lowest BCUT2D eigenvalue weighted by molar-refractivity contribution is 0.768. The number of hydrogen-bond donors (Lipinski definition) is 0. The van der Waals surface area contributed by atoms with Crippen molar-refractivity contribution >= 4 is 111 Å². The van der Waals surface area contributed by atoms with Crippen molar-refractivity contribution in [2.45, 2.75) is 10.8 Å². The fraction of sp³-hybridized carbons (Fsp3) is 0.0175. The smallest absolute Gasteiger partial charge is 0.0727 e. The van der Waals surface area contributed by atoms with E-state index in [1.807, 2.05) is 0 Å². The molecule has 0 saturated heterocycles. The Morgan fingerprint density at radius 3 is 0.602 bits per heavy atom. The molecule has 23 rings (SSSR count). The highest BCUT2D eigenvalue weighted by atomic mass is 15.2. The van der Waals surface area contributed by atoms with Crippen molar-refractivity contribution in [1.29, 1.82) is 0 Å². The molecule has 118 heavy (non-hydrogen) atoms. The van der Waals surface area contributed by atoms with Crippen molar-refractivity contribution in [2.24, 2.45) is 0 Å². The number of nitrogens with zero attached hydrogens (tertiary/aromatic N) is 4. The maximum absolute atomic E-state index is 2.46. The molecule has 0 heterocycles. The van der Waals surface area contributed by atoms with Gasteiger partial charge in [-0.25, -0.2) is 0 Å². The lowest BCUT2D eigenvalue weighted by Crippen LogP contribution is -2.28. The second-order valence-corrected chi connectivity index (χ2v) is 31.0. The van der Waals surface area contributed by atoms with Gasteiger partial charge in [0.2, 0.25) is 0 Å². The van der Waals surface area contributed by atoms with Crippen LogP contribution >= 0.6 is 0 Å². The molecule has 0 aromatic heterocycles. The van der Waals surface area contributed by atoms with Gasteiger partial charge in [-0.3, -0.25) is 0 Å². The van der Waals surface area contributed by atoms with E-state index in [0.29, 0.717) is 0 Å². The summed E-state index contributed by atoms with van der Waals surface area (Å²) < 4.78 is 0. The summed E-state index contributed by atoms with van der Waals surface area (Å²) in [5.41, 5.74) is 30.4. The molecule has 0 aliphatic heterocycles. The van der Waals surface area contributed by atoms with Crippen LogP contribution in [0.15, 0.2) is 473 Å². The molecule has 4 nitrogen and oxygen atoms in total. The van der Waals surface area contributed by atoms with Crippen LogP contribution in [-0.4, -0.2) is 0 Å². The predicted molar refractivity (Wildman–Crippen MR) is 495 cm³/mol. The molecule has 0 amide bonds. The fourth-order valence-corrected chi connectivity index (χ4v) is 19.5. The summed E-state index contributed by atoms with van der Waals surface area (Å²) in [6.07, 6.45) is 0. The molecule has 0 atom stereocenters. The van der Waals surface area contributed by atoms with Crippen molar-refractivity contribution in [2.75, 3.05) is 19.6 Å². The summed E-state index contributed by atoms with van der Waals surface area (Å²) in [4.78, 5) is 9.55. The zero-order chi connectivity index (χ0) is 78.1. The van der Waals surface area contributed by atoms with Gasteiger partial charge in [-0.1, -0.05) is 328 Å². The van der Waals surface area contributed by atoms with Gasteiger partial charge in [0, 0.05) is 68.2 Å². The monoisotopic (exact) mass is 1500 g/mol. The summed E-state index contributed by atoms with van der Waals surface area (Å²) in [7, 11) is 0. The fourth-order valence-electron chi connectivity index (χ4n) is 19.5. The number of hydrogen-bond acceptors (Lipinski definition) is 4. The van der Waals surface area contributed by atoms with Gasteiger partial charge in [-0.15, -0.1) is 0 Å². The zero-order valence-electron chi connectivity index (χ0n) is 64.8. The van der Waals surface area contributed by atoms with Crippen LogP contribution in [0.4, 0.5) is 68.2 Å². The number of anilines is 12. The minimum atomic E-state index is -0.572. The molecule has 20 aromatic rings. The molecule has 0 bridgehead atoms. The summed E-state index contributed by atoms with van der Waals surface area (Å²) in [6.45, 7) is 0. The predicted octanol–water partition coefficient (Wildman–Crippen LogP) is 30.6. The molecule has 20 aromatic carbocycles. The molecule has 0 unspecified atom stereocenters. The van der Waals surface area contributed by atoms with Gasteiger partial charge in [-0.05, 0) is 267 Å². The van der Waals surface area contributed by atoms with Gasteiger partial charge < -0.3 is 19.6 Å². The first-order valence-corrected chi connectivity index (χ1v) is 40.8. The molecular formula is C114H78N4. The maximum atomic E-state index is 2.46. The van der Waals surface area contributed by atoms with Gasteiger partial charge in [0.05, 0.1) is 10.8 Å². The lowest BCUT2D eigenvalue weighted by Gasteiger charge is -2.35. The molecule has 0 saturated carbocycles. The second-order valence-electron chi connectivity index (χ2n) is 31.0. The van der Waals surface area contributed by atoms with E-state index in [9.17, 15) is 0 Å². The third kappa shape index (κ3) is 11.5. The van der Waals surface area contributed by atoms with Gasteiger partial charge >= 0.3 is 0 Å². The van der Waals surface area contributed by atoms with E-state index in [0.717, 1.165) is 68.2 Å². The van der Waals surface area contributed by atoms with E-state index in [2.05, 4.69) is 493 Å². The van der Waals surface area contributed by atoms with Crippen LogP contribution in [0.3, 0.4) is 0 Å². The highest BCUT2D eigenvalue weighted by molar-refractivity contribution is 6.00. The van der Waals surface area contributed by atoms with E-state index in [1.54, 1.807) is 0 Å². The highest BCUT2D eigenvalue weighted by Crippen LogP contribution is 2.65. The quantitative estimate of drug-likeness (QED) is 0.108. The third-order valence-electron chi connectivity index (χ3n) is 24.7. The molecule has 0 radical (unpaired) electrons. The lowest BCUT2D eigenvalue weighted by atomic mass is 9.67. The van der Waals surface area contributed by atoms with Gasteiger partial charge in [-0.2, -0.15) is 0 Å². The second kappa shape index (κ2) is 28.9. The number of para-hydroxylation sites is 4. The zero-order valence-corrected chi connectivity index (χ0v) is 64.8. The Morgan fingerprint density at radius 2 is 0.314 bits per heavy atom. The highest BCUT2D eigenvalue weighted by Gasteiger charge is 2.52. The number of benzene rings is 20. The third-order valence-corrected chi connectivity index (χ3v) is 24.7. The minimum Gasteiger partial charge on any atom is -0.310 e. The molecule has 3 aliphatic carbocycles. The van der Waals surface area contributed by atoms with E-state index in [1.165, 1.54) is 121 Å².